The van der Waals surface area contributed by atoms with E-state index in [9.17, 15) is 23.9 Å². The van der Waals surface area contributed by atoms with E-state index >= 15 is 0 Å². The Bertz CT molecular complexity index is 534. The highest BCUT2D eigenvalue weighted by molar-refractivity contribution is 7.90. The highest BCUT2D eigenvalue weighted by atomic mass is 32.2. The van der Waals surface area contributed by atoms with E-state index in [1.54, 1.807) is 13.8 Å². The molecule has 0 radical (unpaired) electrons. The van der Waals surface area contributed by atoms with Crippen LogP contribution in [0.3, 0.4) is 0 Å². The van der Waals surface area contributed by atoms with Crippen molar-refractivity contribution in [2.75, 3.05) is 0 Å². The van der Waals surface area contributed by atoms with Crippen molar-refractivity contribution in [3.05, 3.63) is 39.7 Å². The first-order chi connectivity index (χ1) is 9.15. The normalized spacial score (nSPS) is 13.1. The lowest BCUT2D eigenvalue weighted by Crippen LogP contribution is -2.38. The number of carbonyl (C=O) groups excluding carboxylic acids is 1. The maximum absolute atomic E-state index is 13.5. The van der Waals surface area contributed by atoms with E-state index in [2.05, 4.69) is 0 Å². The van der Waals surface area contributed by atoms with Gasteiger partial charge in [-0.3, -0.25) is 14.9 Å². The summed E-state index contributed by atoms with van der Waals surface area (Å²) in [5.41, 5.74) is -0.686. The van der Waals surface area contributed by atoms with Crippen LogP contribution in [0.25, 0.3) is 0 Å². The van der Waals surface area contributed by atoms with Gasteiger partial charge in [0.25, 0.3) is 5.69 Å². The van der Waals surface area contributed by atoms with E-state index in [0.29, 0.717) is 0 Å². The molecule has 8 heteroatoms. The van der Waals surface area contributed by atoms with Gasteiger partial charge in [0.1, 0.15) is 10.6 Å². The Morgan fingerprint density at radius 2 is 2.10 bits per heavy atom. The van der Waals surface area contributed by atoms with Crippen molar-refractivity contribution >= 4 is 22.8 Å². The van der Waals surface area contributed by atoms with E-state index in [4.69, 9.17) is 5.14 Å². The predicted octanol–water partition coefficient (Wildman–Crippen LogP) is 2.10. The van der Waals surface area contributed by atoms with Gasteiger partial charge in [-0.25, -0.2) is 4.39 Å². The number of halogens is 1. The smallest absolute Gasteiger partial charge is 0.270 e. The number of ketones is 1. The second kappa shape index (κ2) is 6.29. The second-order valence-electron chi connectivity index (χ2n) is 4.90. The Morgan fingerprint density at radius 1 is 1.50 bits per heavy atom. The average molecular weight is 302 g/mol. The van der Waals surface area contributed by atoms with E-state index in [1.807, 2.05) is 0 Å². The molecular weight excluding hydrogens is 287 g/mol. The molecule has 1 aromatic rings. The van der Waals surface area contributed by atoms with E-state index < -0.39 is 32.6 Å². The van der Waals surface area contributed by atoms with Crippen molar-refractivity contribution < 1.29 is 18.7 Å². The fourth-order valence-electron chi connectivity index (χ4n) is 1.49. The van der Waals surface area contributed by atoms with Gasteiger partial charge in [-0.2, -0.15) is 5.14 Å². The highest BCUT2D eigenvalue weighted by Gasteiger charge is 2.31. The lowest BCUT2D eigenvalue weighted by Gasteiger charge is -2.23. The van der Waals surface area contributed by atoms with Crippen molar-refractivity contribution in [3.8, 4) is 0 Å². The summed E-state index contributed by atoms with van der Waals surface area (Å²) in [5.74, 6) is -1.39. The average Bonchev–Trinajstić information content (AvgIpc) is 2.36. The summed E-state index contributed by atoms with van der Waals surface area (Å²) in [6.07, 6.45) is 0.102. The number of nitro groups is 1. The topological polar surface area (TPSA) is 109 Å². The molecule has 1 rings (SSSR count). The van der Waals surface area contributed by atoms with E-state index in [1.165, 1.54) is 0 Å². The standard InChI is InChI=1S/C12H15FN2O4S/c1-12(2,20(14)19)6-5-11(16)9-7-8(15(17)18)3-4-10(9)13/h3-4,7H,5-6,14H2,1-2H3/t20-/m1/s1. The van der Waals surface area contributed by atoms with Gasteiger partial charge >= 0.3 is 0 Å². The molecule has 0 heterocycles. The van der Waals surface area contributed by atoms with Gasteiger partial charge in [-0.15, -0.1) is 0 Å². The number of nitro benzene ring substituents is 1. The molecule has 0 aliphatic heterocycles. The van der Waals surface area contributed by atoms with Crippen molar-refractivity contribution in [2.45, 2.75) is 31.4 Å². The minimum absolute atomic E-state index is 0.0893. The fraction of sp³-hybridized carbons (Fsp3) is 0.417. The third kappa shape index (κ3) is 3.99. The molecule has 0 bridgehead atoms. The molecule has 0 aliphatic carbocycles. The summed E-state index contributed by atoms with van der Waals surface area (Å²) in [4.78, 5) is 21.8. The first-order valence-corrected chi connectivity index (χ1v) is 7.00. The van der Waals surface area contributed by atoms with Gasteiger partial charge in [0.05, 0.1) is 10.5 Å². The van der Waals surface area contributed by atoms with Crippen molar-refractivity contribution in [1.82, 2.24) is 0 Å². The van der Waals surface area contributed by atoms with Crippen LogP contribution >= 0.6 is 0 Å². The minimum atomic E-state index is -1.62. The summed E-state index contributed by atoms with van der Waals surface area (Å²) >= 11 is -1.62. The molecule has 110 valence electrons. The number of nitrogens with zero attached hydrogens (tertiary/aromatic N) is 1. The molecule has 0 aromatic heterocycles. The Morgan fingerprint density at radius 3 is 2.60 bits per heavy atom. The van der Waals surface area contributed by atoms with E-state index in [0.717, 1.165) is 18.2 Å². The lowest BCUT2D eigenvalue weighted by atomic mass is 10.00. The van der Waals surface area contributed by atoms with Gasteiger partial charge in [-0.05, 0) is 19.9 Å². The van der Waals surface area contributed by atoms with Gasteiger partial charge in [0.15, 0.2) is 5.78 Å². The number of carbonyl (C=O) groups is 1. The number of hydrogen-bond donors (Lipinski definition) is 1. The monoisotopic (exact) mass is 302 g/mol. The molecular formula is C12H15FN2O4S. The Labute approximate surface area is 118 Å². The number of nitrogens with two attached hydrogens (primary N) is 1. The first-order valence-electron chi connectivity index (χ1n) is 5.78. The quantitative estimate of drug-likeness (QED) is 0.374. The maximum Gasteiger partial charge on any atom is 0.270 e. The summed E-state index contributed by atoms with van der Waals surface area (Å²) in [6, 6.07) is 2.78. The largest absolute Gasteiger partial charge is 0.598 e. The fourth-order valence-corrected chi connectivity index (χ4v) is 1.79. The van der Waals surface area contributed by atoms with Crippen LogP contribution in [0.2, 0.25) is 0 Å². The Hall–Kier alpha value is -1.51. The number of benzene rings is 1. The SMILES string of the molecule is CC(C)(CCC(=O)c1cc([N+](=O)[O-])ccc1F)[S@+](N)[O-]. The van der Waals surface area contributed by atoms with Crippen LogP contribution in [0.15, 0.2) is 18.2 Å². The molecule has 0 saturated carbocycles. The Balaban J connectivity index is 2.88. The molecule has 0 spiro atoms. The Kier molecular flexibility index (Phi) is 5.21. The molecule has 0 saturated heterocycles. The predicted molar refractivity (Wildman–Crippen MR) is 73.0 cm³/mol. The highest BCUT2D eigenvalue weighted by Crippen LogP contribution is 2.23. The van der Waals surface area contributed by atoms with Crippen LogP contribution in [-0.2, 0) is 11.4 Å². The third-order valence-electron chi connectivity index (χ3n) is 2.96. The lowest BCUT2D eigenvalue weighted by molar-refractivity contribution is -0.384. The van der Waals surface area contributed by atoms with Crippen molar-refractivity contribution in [1.29, 1.82) is 0 Å². The van der Waals surface area contributed by atoms with Crippen molar-refractivity contribution in [3.63, 3.8) is 0 Å². The summed E-state index contributed by atoms with van der Waals surface area (Å²) in [5, 5.41) is 15.9. The number of hydrogen-bond acceptors (Lipinski definition) is 5. The summed E-state index contributed by atoms with van der Waals surface area (Å²) in [6.45, 7) is 3.25. The first kappa shape index (κ1) is 16.5. The molecule has 6 nitrogen and oxygen atoms in total. The zero-order chi connectivity index (χ0) is 15.5. The number of non-ortho nitro benzene ring substituents is 1. The van der Waals surface area contributed by atoms with Crippen LogP contribution < -0.4 is 5.14 Å². The molecule has 1 atom stereocenters. The van der Waals surface area contributed by atoms with E-state index in [-0.39, 0.29) is 24.1 Å². The maximum atomic E-state index is 13.5. The third-order valence-corrected chi connectivity index (χ3v) is 4.25. The number of rotatable bonds is 6. The van der Waals surface area contributed by atoms with Crippen LogP contribution in [0.1, 0.15) is 37.0 Å². The molecule has 1 aromatic carbocycles. The van der Waals surface area contributed by atoms with Gasteiger partial charge in [-0.1, -0.05) is 0 Å². The molecule has 0 aliphatic rings. The van der Waals surface area contributed by atoms with Crippen LogP contribution in [-0.4, -0.2) is 20.0 Å². The summed E-state index contributed by atoms with van der Waals surface area (Å²) in [7, 11) is 0. The van der Waals surface area contributed by atoms with Crippen LogP contribution in [0, 0.1) is 15.9 Å². The second-order valence-corrected chi connectivity index (χ2v) is 6.60. The zero-order valence-electron chi connectivity index (χ0n) is 11.1. The van der Waals surface area contributed by atoms with Gasteiger partial charge < -0.3 is 4.55 Å². The molecule has 0 fully saturated rings. The molecule has 0 amide bonds. The van der Waals surface area contributed by atoms with Crippen molar-refractivity contribution in [2.24, 2.45) is 5.14 Å². The minimum Gasteiger partial charge on any atom is -0.598 e. The molecule has 0 unspecified atom stereocenters. The van der Waals surface area contributed by atoms with Gasteiger partial charge in [0, 0.05) is 36.3 Å². The molecule has 20 heavy (non-hydrogen) atoms. The molecule has 2 N–H and O–H groups in total. The van der Waals surface area contributed by atoms with Crippen LogP contribution in [0.4, 0.5) is 10.1 Å². The van der Waals surface area contributed by atoms with Crippen LogP contribution in [0.5, 0.6) is 0 Å². The van der Waals surface area contributed by atoms with Gasteiger partial charge in [0.2, 0.25) is 0 Å². The zero-order valence-corrected chi connectivity index (χ0v) is 11.9. The number of Topliss-reactive ketones (excluding diaryl/α,β-unsaturated/α-hetero) is 1. The summed E-state index contributed by atoms with van der Waals surface area (Å²) < 4.78 is 24.0.